The van der Waals surface area contributed by atoms with Crippen LogP contribution in [-0.2, 0) is 10.0 Å². The van der Waals surface area contributed by atoms with Gasteiger partial charge in [-0.25, -0.2) is 18.4 Å². The van der Waals surface area contributed by atoms with E-state index in [0.717, 1.165) is 24.0 Å². The number of benzene rings is 1. The van der Waals surface area contributed by atoms with Gasteiger partial charge < -0.3 is 4.98 Å². The Kier molecular flexibility index (Phi) is 6.09. The number of hydrogen-bond acceptors (Lipinski definition) is 7. The quantitative estimate of drug-likeness (QED) is 0.388. The minimum absolute atomic E-state index is 0.164. The third kappa shape index (κ3) is 4.35. The van der Waals surface area contributed by atoms with E-state index in [4.69, 9.17) is 4.98 Å². The molecule has 0 bridgehead atoms. The van der Waals surface area contributed by atoms with Gasteiger partial charge in [-0.3, -0.25) is 4.79 Å². The lowest BCUT2D eigenvalue weighted by Gasteiger charge is -2.15. The van der Waals surface area contributed by atoms with Gasteiger partial charge >= 0.3 is 0 Å². The number of fused-ring (bicyclic) bond motifs is 1. The van der Waals surface area contributed by atoms with Crippen molar-refractivity contribution in [2.75, 3.05) is 13.1 Å². The highest BCUT2D eigenvalue weighted by molar-refractivity contribution is 7.99. The van der Waals surface area contributed by atoms with Crippen LogP contribution in [0.25, 0.3) is 21.3 Å². The maximum absolute atomic E-state index is 12.9. The van der Waals surface area contributed by atoms with E-state index >= 15 is 0 Å². The van der Waals surface area contributed by atoms with Crippen molar-refractivity contribution >= 4 is 43.3 Å². The number of rotatable bonds is 6. The largest absolute Gasteiger partial charge is 0.309 e. The summed E-state index contributed by atoms with van der Waals surface area (Å²) in [6.45, 7) is 3.06. The summed E-state index contributed by atoms with van der Waals surface area (Å²) in [6, 6.07) is 13.1. The molecule has 1 aliphatic rings. The van der Waals surface area contributed by atoms with E-state index in [-0.39, 0.29) is 15.7 Å². The van der Waals surface area contributed by atoms with Gasteiger partial charge in [-0.15, -0.1) is 11.3 Å². The highest BCUT2D eigenvalue weighted by Gasteiger charge is 2.27. The van der Waals surface area contributed by atoms with E-state index < -0.39 is 10.0 Å². The molecule has 1 saturated heterocycles. The molecule has 4 heterocycles. The second kappa shape index (κ2) is 9.02. The molecule has 10 heteroatoms. The van der Waals surface area contributed by atoms with Crippen LogP contribution in [0.1, 0.15) is 30.8 Å². The van der Waals surface area contributed by atoms with Gasteiger partial charge in [0.2, 0.25) is 10.0 Å². The molecule has 0 unspecified atom stereocenters. The summed E-state index contributed by atoms with van der Waals surface area (Å²) >= 11 is 2.87. The SMILES string of the molecule is C[C@H](Sc1ccc(S(=O)(=O)N2CCCC2)cn1)c1nc2scc(-c3ccccc3)c2c(=O)[nH]1. The molecule has 170 valence electrons. The van der Waals surface area contributed by atoms with Crippen LogP contribution < -0.4 is 5.56 Å². The fourth-order valence-corrected chi connectivity index (χ4v) is 7.16. The predicted octanol–water partition coefficient (Wildman–Crippen LogP) is 4.68. The summed E-state index contributed by atoms with van der Waals surface area (Å²) in [4.78, 5) is 25.8. The fraction of sp³-hybridized carbons (Fsp3) is 0.261. The van der Waals surface area contributed by atoms with Crippen LogP contribution in [0.3, 0.4) is 0 Å². The Labute approximate surface area is 200 Å². The topological polar surface area (TPSA) is 96.0 Å². The smallest absolute Gasteiger partial charge is 0.260 e. The first-order chi connectivity index (χ1) is 15.9. The van der Waals surface area contributed by atoms with Crippen molar-refractivity contribution in [3.8, 4) is 11.1 Å². The van der Waals surface area contributed by atoms with E-state index in [1.54, 1.807) is 12.1 Å². The molecule has 1 aromatic carbocycles. The molecule has 1 aliphatic heterocycles. The molecule has 0 spiro atoms. The van der Waals surface area contributed by atoms with Gasteiger partial charge in [0.15, 0.2) is 0 Å². The fourth-order valence-electron chi connectivity index (χ4n) is 3.89. The van der Waals surface area contributed by atoms with Gasteiger partial charge in [0.05, 0.1) is 15.7 Å². The third-order valence-corrected chi connectivity index (χ3v) is 9.46. The summed E-state index contributed by atoms with van der Waals surface area (Å²) in [5.41, 5.74) is 1.70. The number of thiophene rings is 1. The van der Waals surface area contributed by atoms with Crippen molar-refractivity contribution in [1.82, 2.24) is 19.3 Å². The lowest BCUT2D eigenvalue weighted by Crippen LogP contribution is -2.27. The molecule has 5 rings (SSSR count). The minimum Gasteiger partial charge on any atom is -0.309 e. The maximum atomic E-state index is 12.9. The molecule has 0 aliphatic carbocycles. The summed E-state index contributed by atoms with van der Waals surface area (Å²) in [7, 11) is -3.48. The second-order valence-electron chi connectivity index (χ2n) is 7.85. The molecule has 4 aromatic rings. The average Bonchev–Trinajstić information content (AvgIpc) is 3.51. The summed E-state index contributed by atoms with van der Waals surface area (Å²) in [5.74, 6) is 0.564. The number of nitrogens with zero attached hydrogens (tertiary/aromatic N) is 3. The highest BCUT2D eigenvalue weighted by Crippen LogP contribution is 2.35. The van der Waals surface area contributed by atoms with E-state index in [2.05, 4.69) is 9.97 Å². The van der Waals surface area contributed by atoms with Crippen LogP contribution in [0.15, 0.2) is 68.8 Å². The Bertz CT molecular complexity index is 1440. The number of thioether (sulfide) groups is 1. The maximum Gasteiger partial charge on any atom is 0.260 e. The van der Waals surface area contributed by atoms with Crippen molar-refractivity contribution in [3.63, 3.8) is 0 Å². The first-order valence-corrected chi connectivity index (χ1v) is 13.8. The van der Waals surface area contributed by atoms with Gasteiger partial charge in [0.25, 0.3) is 5.56 Å². The molecule has 1 N–H and O–H groups in total. The number of nitrogens with one attached hydrogen (secondary N) is 1. The van der Waals surface area contributed by atoms with Crippen LogP contribution in [0.5, 0.6) is 0 Å². The van der Waals surface area contributed by atoms with Crippen LogP contribution in [0.4, 0.5) is 0 Å². The molecule has 0 saturated carbocycles. The lowest BCUT2D eigenvalue weighted by atomic mass is 10.1. The van der Waals surface area contributed by atoms with Crippen LogP contribution in [0.2, 0.25) is 0 Å². The zero-order chi connectivity index (χ0) is 23.0. The monoisotopic (exact) mass is 498 g/mol. The number of aromatic nitrogens is 3. The molecule has 0 radical (unpaired) electrons. The van der Waals surface area contributed by atoms with Gasteiger partial charge in [0, 0.05) is 30.2 Å². The van der Waals surface area contributed by atoms with Crippen LogP contribution in [0, 0.1) is 0 Å². The van der Waals surface area contributed by atoms with Crippen molar-refractivity contribution < 1.29 is 8.42 Å². The Morgan fingerprint density at radius 1 is 1.12 bits per heavy atom. The second-order valence-corrected chi connectivity index (χ2v) is 12.0. The number of hydrogen-bond donors (Lipinski definition) is 1. The molecule has 7 nitrogen and oxygen atoms in total. The van der Waals surface area contributed by atoms with E-state index in [0.29, 0.717) is 34.2 Å². The molecule has 3 aromatic heterocycles. The van der Waals surface area contributed by atoms with Gasteiger partial charge in [0.1, 0.15) is 15.6 Å². The van der Waals surface area contributed by atoms with Gasteiger partial charge in [-0.2, -0.15) is 4.31 Å². The first-order valence-electron chi connectivity index (χ1n) is 10.6. The summed E-state index contributed by atoms with van der Waals surface area (Å²) < 4.78 is 26.9. The lowest BCUT2D eigenvalue weighted by molar-refractivity contribution is 0.477. The van der Waals surface area contributed by atoms with Crippen LogP contribution >= 0.6 is 23.1 Å². The number of H-pyrrole nitrogens is 1. The molecular weight excluding hydrogens is 476 g/mol. The Morgan fingerprint density at radius 3 is 2.58 bits per heavy atom. The molecule has 33 heavy (non-hydrogen) atoms. The van der Waals surface area contributed by atoms with E-state index in [9.17, 15) is 13.2 Å². The molecule has 1 atom stereocenters. The summed E-state index contributed by atoms with van der Waals surface area (Å²) in [6.07, 6.45) is 3.20. The predicted molar refractivity (Wildman–Crippen MR) is 132 cm³/mol. The minimum atomic E-state index is -3.48. The van der Waals surface area contributed by atoms with Gasteiger partial charge in [-0.1, -0.05) is 42.1 Å². The normalized spacial score (nSPS) is 15.8. The zero-order valence-corrected chi connectivity index (χ0v) is 20.3. The number of pyridine rings is 1. The van der Waals surface area contributed by atoms with E-state index in [1.807, 2.05) is 42.6 Å². The highest BCUT2D eigenvalue weighted by atomic mass is 32.2. The molecular formula is C23H22N4O3S3. The Balaban J connectivity index is 1.37. The van der Waals surface area contributed by atoms with Crippen molar-refractivity contribution in [3.05, 3.63) is 70.2 Å². The Hall–Kier alpha value is -2.53. The number of aromatic amines is 1. The number of sulfonamides is 1. The standard InChI is InChI=1S/C23H22N4O3S3/c1-15(32-19-10-9-17(13-24-19)33(29,30)27-11-5-6-12-27)21-25-22(28)20-18(14-31-23(20)26-21)16-7-3-2-4-8-16/h2-4,7-10,13-15H,5-6,11-12H2,1H3,(H,25,26,28)/t15-/m0/s1. The van der Waals surface area contributed by atoms with Crippen molar-refractivity contribution in [2.45, 2.75) is 34.9 Å². The van der Waals surface area contributed by atoms with Gasteiger partial charge in [-0.05, 0) is 37.5 Å². The average molecular weight is 499 g/mol. The molecule has 0 amide bonds. The third-order valence-electron chi connectivity index (χ3n) is 5.64. The van der Waals surface area contributed by atoms with Crippen LogP contribution in [-0.4, -0.2) is 40.8 Å². The van der Waals surface area contributed by atoms with E-state index in [1.165, 1.54) is 33.6 Å². The zero-order valence-electron chi connectivity index (χ0n) is 17.9. The first kappa shape index (κ1) is 22.3. The van der Waals surface area contributed by atoms with Crippen molar-refractivity contribution in [1.29, 1.82) is 0 Å². The summed E-state index contributed by atoms with van der Waals surface area (Å²) in [5, 5.41) is 3.06. The molecule has 1 fully saturated rings. The Morgan fingerprint density at radius 2 is 1.88 bits per heavy atom. The van der Waals surface area contributed by atoms with Crippen molar-refractivity contribution in [2.24, 2.45) is 0 Å².